The number of benzene rings is 2. The second-order valence-corrected chi connectivity index (χ2v) is 12.3. The zero-order valence-corrected chi connectivity index (χ0v) is 23.7. The number of nitrogens with one attached hydrogen (secondary N) is 2. The highest BCUT2D eigenvalue weighted by Crippen LogP contribution is 2.36. The van der Waals surface area contributed by atoms with Gasteiger partial charge in [0.25, 0.3) is 5.91 Å². The second kappa shape index (κ2) is 11.7. The average Bonchev–Trinajstić information content (AvgIpc) is 2.85. The van der Waals surface area contributed by atoms with Gasteiger partial charge >= 0.3 is 18.4 Å². The Labute approximate surface area is 239 Å². The van der Waals surface area contributed by atoms with Crippen LogP contribution in [0.15, 0.2) is 58.6 Å². The van der Waals surface area contributed by atoms with E-state index in [1.54, 1.807) is 26.8 Å². The number of nitrogens with zero attached hydrogens (tertiary/aromatic N) is 2. The molecule has 0 aromatic heterocycles. The van der Waals surface area contributed by atoms with Crippen molar-refractivity contribution in [2.75, 3.05) is 18.1 Å². The molecule has 42 heavy (non-hydrogen) atoms. The molecule has 1 unspecified atom stereocenters. The van der Waals surface area contributed by atoms with Crippen molar-refractivity contribution in [1.29, 1.82) is 5.26 Å². The van der Waals surface area contributed by atoms with Crippen LogP contribution < -0.4 is 10.6 Å². The molecule has 15 heteroatoms. The molecule has 3 N–H and O–H groups in total. The van der Waals surface area contributed by atoms with Crippen LogP contribution in [0.3, 0.4) is 0 Å². The molecular formula is C27H27F3N4O7S. The summed E-state index contributed by atoms with van der Waals surface area (Å²) in [6.07, 6.45) is -6.83. The molecule has 1 aliphatic rings. The van der Waals surface area contributed by atoms with Crippen LogP contribution in [0.2, 0.25) is 0 Å². The molecular weight excluding hydrogens is 581 g/mol. The summed E-state index contributed by atoms with van der Waals surface area (Å²) in [5, 5.41) is 24.2. The number of anilines is 1. The number of ether oxygens (including phenoxy) is 1. The SMILES string of the molecule is CC(C)(C)OC(=O)NC(C1=C(Nc2cccc(C(F)(F)F)c2)CCN(C(=O)O)C1=O)c1ccc(C#N)cc1S(C)(=O)=O. The van der Waals surface area contributed by atoms with Crippen LogP contribution in [0.4, 0.5) is 28.4 Å². The van der Waals surface area contributed by atoms with Gasteiger partial charge in [-0.15, -0.1) is 0 Å². The van der Waals surface area contributed by atoms with Gasteiger partial charge in [-0.1, -0.05) is 12.1 Å². The van der Waals surface area contributed by atoms with Gasteiger partial charge in [-0.3, -0.25) is 4.79 Å². The zero-order chi connectivity index (χ0) is 31.6. The second-order valence-electron chi connectivity index (χ2n) is 10.3. The summed E-state index contributed by atoms with van der Waals surface area (Å²) < 4.78 is 71.0. The summed E-state index contributed by atoms with van der Waals surface area (Å²) in [6, 6.07) is 7.58. The Bertz CT molecular complexity index is 1610. The lowest BCUT2D eigenvalue weighted by atomic mass is 9.91. The van der Waals surface area contributed by atoms with Crippen molar-refractivity contribution in [3.05, 3.63) is 70.4 Å². The number of halogens is 3. The number of carbonyl (C=O) groups excluding carboxylic acids is 2. The van der Waals surface area contributed by atoms with Crippen LogP contribution in [0.25, 0.3) is 0 Å². The first-order valence-corrected chi connectivity index (χ1v) is 14.2. The van der Waals surface area contributed by atoms with Gasteiger partial charge in [-0.05, 0) is 56.7 Å². The van der Waals surface area contributed by atoms with E-state index in [0.29, 0.717) is 4.90 Å². The van der Waals surface area contributed by atoms with Crippen molar-refractivity contribution >= 4 is 33.6 Å². The molecule has 0 saturated heterocycles. The smallest absolute Gasteiger partial charge is 0.416 e. The molecule has 11 nitrogen and oxygen atoms in total. The van der Waals surface area contributed by atoms with E-state index in [4.69, 9.17) is 4.74 Å². The minimum atomic E-state index is -4.69. The van der Waals surface area contributed by atoms with Crippen molar-refractivity contribution in [2.45, 2.75) is 49.9 Å². The summed E-state index contributed by atoms with van der Waals surface area (Å²) in [4.78, 5) is 38.5. The number of sulfone groups is 1. The van der Waals surface area contributed by atoms with Gasteiger partial charge in [-0.25, -0.2) is 22.9 Å². The van der Waals surface area contributed by atoms with E-state index in [2.05, 4.69) is 10.6 Å². The third kappa shape index (κ3) is 7.58. The normalized spacial score (nSPS) is 15.1. The standard InChI is InChI=1S/C27H27F3N4O7S/c1-26(2,3)41-24(36)33-22(18-9-8-15(14-31)12-20(18)42(4,39)40)21-19(10-11-34(23(21)35)25(37)38)32-17-7-5-6-16(13-17)27(28,29)30/h5-9,12-13,22,32H,10-11H2,1-4H3,(H,33,36)(H,37,38). The monoisotopic (exact) mass is 608 g/mol. The quantitative estimate of drug-likeness (QED) is 0.417. The van der Waals surface area contributed by atoms with Crippen LogP contribution in [0.5, 0.6) is 0 Å². The number of alkyl carbamates (subject to hydrolysis) is 1. The van der Waals surface area contributed by atoms with E-state index in [9.17, 15) is 46.3 Å². The Kier molecular flexibility index (Phi) is 8.92. The summed E-state index contributed by atoms with van der Waals surface area (Å²) in [7, 11) is -4.12. The molecule has 224 valence electrons. The summed E-state index contributed by atoms with van der Waals surface area (Å²) in [6.45, 7) is 4.25. The molecule has 3 amide bonds. The highest BCUT2D eigenvalue weighted by Gasteiger charge is 2.39. The Morgan fingerprint density at radius 3 is 2.36 bits per heavy atom. The van der Waals surface area contributed by atoms with Crippen LogP contribution >= 0.6 is 0 Å². The van der Waals surface area contributed by atoms with E-state index < -0.39 is 61.8 Å². The predicted molar refractivity (Wildman–Crippen MR) is 143 cm³/mol. The van der Waals surface area contributed by atoms with Crippen molar-refractivity contribution in [1.82, 2.24) is 10.2 Å². The van der Waals surface area contributed by atoms with E-state index in [1.807, 2.05) is 0 Å². The van der Waals surface area contributed by atoms with Gasteiger partial charge in [0.1, 0.15) is 5.60 Å². The van der Waals surface area contributed by atoms with E-state index >= 15 is 0 Å². The van der Waals surface area contributed by atoms with Gasteiger partial charge < -0.3 is 20.5 Å². The maximum absolute atomic E-state index is 13.6. The molecule has 0 bridgehead atoms. The van der Waals surface area contributed by atoms with Crippen molar-refractivity contribution in [3.8, 4) is 6.07 Å². The lowest BCUT2D eigenvalue weighted by molar-refractivity contribution is -0.137. The fourth-order valence-electron chi connectivity index (χ4n) is 4.19. The fourth-order valence-corrected chi connectivity index (χ4v) is 5.14. The minimum absolute atomic E-state index is 0.0615. The maximum Gasteiger partial charge on any atom is 0.416 e. The maximum atomic E-state index is 13.6. The third-order valence-electron chi connectivity index (χ3n) is 5.91. The van der Waals surface area contributed by atoms with Crippen molar-refractivity contribution in [3.63, 3.8) is 0 Å². The molecule has 3 rings (SSSR count). The number of hydrogen-bond donors (Lipinski definition) is 3. The van der Waals surface area contributed by atoms with Crippen LogP contribution in [0.1, 0.15) is 49.9 Å². The zero-order valence-electron chi connectivity index (χ0n) is 22.9. The summed E-state index contributed by atoms with van der Waals surface area (Å²) in [5.41, 5.74) is -2.94. The van der Waals surface area contributed by atoms with Crippen LogP contribution in [0, 0.1) is 11.3 Å². The van der Waals surface area contributed by atoms with E-state index in [0.717, 1.165) is 30.5 Å². The molecule has 0 aliphatic carbocycles. The lowest BCUT2D eigenvalue weighted by Gasteiger charge is -2.33. The predicted octanol–water partition coefficient (Wildman–Crippen LogP) is 4.82. The number of imide groups is 1. The molecule has 1 atom stereocenters. The molecule has 0 fully saturated rings. The van der Waals surface area contributed by atoms with E-state index in [1.165, 1.54) is 18.2 Å². The number of carbonyl (C=O) groups is 3. The molecule has 0 spiro atoms. The average molecular weight is 609 g/mol. The Hall–Kier alpha value is -4.58. The Morgan fingerprint density at radius 2 is 1.81 bits per heavy atom. The molecule has 2 aromatic rings. The largest absolute Gasteiger partial charge is 0.465 e. The lowest BCUT2D eigenvalue weighted by Crippen LogP contribution is -2.46. The van der Waals surface area contributed by atoms with Gasteiger partial charge in [0, 0.05) is 30.6 Å². The molecule has 1 heterocycles. The van der Waals surface area contributed by atoms with E-state index in [-0.39, 0.29) is 35.5 Å². The molecule has 2 aromatic carbocycles. The number of nitriles is 1. The number of alkyl halides is 3. The Balaban J connectivity index is 2.32. The van der Waals surface area contributed by atoms with Gasteiger partial charge in [0.2, 0.25) is 0 Å². The molecule has 0 radical (unpaired) electrons. The number of hydrogen-bond acceptors (Lipinski definition) is 8. The van der Waals surface area contributed by atoms with Gasteiger partial charge in [0.05, 0.1) is 33.7 Å². The number of carboxylic acid groups (broad SMARTS) is 1. The highest BCUT2D eigenvalue weighted by molar-refractivity contribution is 7.90. The fraction of sp³-hybridized carbons (Fsp3) is 0.333. The first-order valence-electron chi connectivity index (χ1n) is 12.3. The first-order chi connectivity index (χ1) is 19.3. The highest BCUT2D eigenvalue weighted by atomic mass is 32.2. The summed E-state index contributed by atoms with van der Waals surface area (Å²) in [5.74, 6) is -1.16. The van der Waals surface area contributed by atoms with Crippen molar-refractivity contribution in [2.24, 2.45) is 0 Å². The topological polar surface area (TPSA) is 166 Å². The van der Waals surface area contributed by atoms with Crippen LogP contribution in [-0.2, 0) is 25.5 Å². The number of amides is 3. The van der Waals surface area contributed by atoms with Crippen molar-refractivity contribution < 1.29 is 45.8 Å². The molecule has 0 saturated carbocycles. The molecule has 1 aliphatic heterocycles. The number of rotatable bonds is 6. The van der Waals surface area contributed by atoms with Gasteiger partial charge in [0.15, 0.2) is 9.84 Å². The minimum Gasteiger partial charge on any atom is -0.465 e. The van der Waals surface area contributed by atoms with Crippen LogP contribution in [-0.4, -0.2) is 54.9 Å². The third-order valence-corrected chi connectivity index (χ3v) is 7.06. The Morgan fingerprint density at radius 1 is 1.14 bits per heavy atom. The van der Waals surface area contributed by atoms with Gasteiger partial charge in [-0.2, -0.15) is 18.4 Å². The summed E-state index contributed by atoms with van der Waals surface area (Å²) >= 11 is 0. The first kappa shape index (κ1) is 31.9.